The molecule has 0 aromatic heterocycles. The third kappa shape index (κ3) is 2.83. The van der Waals surface area contributed by atoms with Gasteiger partial charge < -0.3 is 5.32 Å². The third-order valence-corrected chi connectivity index (χ3v) is 2.22. The summed E-state index contributed by atoms with van der Waals surface area (Å²) in [6, 6.07) is 0. The van der Waals surface area contributed by atoms with Crippen LogP contribution in [-0.2, 0) is 9.59 Å². The minimum absolute atomic E-state index is 0.0682. The number of hydrazone groups is 1. The Labute approximate surface area is 82.9 Å². The molecule has 0 radical (unpaired) electrons. The van der Waals surface area contributed by atoms with Crippen LogP contribution in [0.4, 0.5) is 0 Å². The number of amides is 2. The van der Waals surface area contributed by atoms with Crippen molar-refractivity contribution in [1.29, 1.82) is 0 Å². The summed E-state index contributed by atoms with van der Waals surface area (Å²) in [4.78, 5) is 22.2. The van der Waals surface area contributed by atoms with Crippen molar-refractivity contribution >= 4 is 17.5 Å². The molecule has 0 aliphatic carbocycles. The van der Waals surface area contributed by atoms with Gasteiger partial charge in [-0.3, -0.25) is 9.59 Å². The first-order valence-corrected chi connectivity index (χ1v) is 4.73. The molecule has 1 fully saturated rings. The zero-order valence-corrected chi connectivity index (χ0v) is 8.46. The van der Waals surface area contributed by atoms with Crippen molar-refractivity contribution in [3.63, 3.8) is 0 Å². The summed E-state index contributed by atoms with van der Waals surface area (Å²) in [6.07, 6.45) is 1.08. The van der Waals surface area contributed by atoms with Crippen LogP contribution in [0, 0.1) is 5.92 Å². The van der Waals surface area contributed by atoms with Crippen molar-refractivity contribution in [3.8, 4) is 0 Å². The van der Waals surface area contributed by atoms with Crippen LogP contribution in [0.5, 0.6) is 0 Å². The molecule has 0 bridgehead atoms. The van der Waals surface area contributed by atoms with Gasteiger partial charge in [0.2, 0.25) is 11.8 Å². The van der Waals surface area contributed by atoms with Crippen molar-refractivity contribution in [1.82, 2.24) is 10.7 Å². The third-order valence-electron chi connectivity index (χ3n) is 2.22. The van der Waals surface area contributed by atoms with E-state index in [9.17, 15) is 9.59 Å². The summed E-state index contributed by atoms with van der Waals surface area (Å²) in [5.41, 5.74) is 3.32. The van der Waals surface area contributed by atoms with E-state index in [-0.39, 0.29) is 24.2 Å². The zero-order chi connectivity index (χ0) is 10.6. The number of nitrogens with one attached hydrogen (secondary N) is 2. The summed E-state index contributed by atoms with van der Waals surface area (Å²) in [5, 5.41) is 6.49. The van der Waals surface area contributed by atoms with E-state index in [0.717, 1.165) is 12.1 Å². The number of nitrogens with zero attached hydrogens (tertiary/aromatic N) is 1. The van der Waals surface area contributed by atoms with Gasteiger partial charge in [-0.1, -0.05) is 6.92 Å². The molecule has 1 unspecified atom stereocenters. The largest absolute Gasteiger partial charge is 0.355 e. The normalized spacial score (nSPS) is 22.0. The van der Waals surface area contributed by atoms with Crippen LogP contribution in [0.15, 0.2) is 5.10 Å². The summed E-state index contributed by atoms with van der Waals surface area (Å²) in [7, 11) is 0. The van der Waals surface area contributed by atoms with E-state index in [1.807, 2.05) is 13.8 Å². The van der Waals surface area contributed by atoms with Crippen LogP contribution in [0.1, 0.15) is 26.7 Å². The highest BCUT2D eigenvalue weighted by molar-refractivity contribution is 5.90. The molecule has 1 saturated heterocycles. The second-order valence-corrected chi connectivity index (χ2v) is 3.38. The Balaban J connectivity index is 2.39. The maximum atomic E-state index is 11.4. The van der Waals surface area contributed by atoms with Crippen LogP contribution in [-0.4, -0.2) is 24.1 Å². The Morgan fingerprint density at radius 3 is 2.93 bits per heavy atom. The minimum atomic E-state index is -0.268. The van der Waals surface area contributed by atoms with Gasteiger partial charge in [0.15, 0.2) is 0 Å². The number of hydrogen-bond acceptors (Lipinski definition) is 3. The number of hydrogen-bond donors (Lipinski definition) is 2. The molecular formula is C9H15N3O2. The molecule has 5 nitrogen and oxygen atoms in total. The van der Waals surface area contributed by atoms with Crippen molar-refractivity contribution < 1.29 is 9.59 Å². The van der Waals surface area contributed by atoms with Crippen molar-refractivity contribution in [3.05, 3.63) is 0 Å². The number of carbonyl (C=O) groups excluding carboxylic acids is 2. The van der Waals surface area contributed by atoms with Crippen molar-refractivity contribution in [2.24, 2.45) is 11.0 Å². The maximum Gasteiger partial charge on any atom is 0.245 e. The van der Waals surface area contributed by atoms with E-state index >= 15 is 0 Å². The molecule has 1 rings (SSSR count). The summed E-state index contributed by atoms with van der Waals surface area (Å²) >= 11 is 0. The van der Waals surface area contributed by atoms with Gasteiger partial charge in [-0.15, -0.1) is 0 Å². The Morgan fingerprint density at radius 1 is 1.71 bits per heavy atom. The number of rotatable bonds is 3. The Kier molecular flexibility index (Phi) is 3.62. The smallest absolute Gasteiger partial charge is 0.245 e. The lowest BCUT2D eigenvalue weighted by Gasteiger charge is -2.05. The molecule has 1 heterocycles. The summed E-state index contributed by atoms with van der Waals surface area (Å²) in [6.45, 7) is 4.23. The lowest BCUT2D eigenvalue weighted by Crippen LogP contribution is -2.28. The van der Waals surface area contributed by atoms with Gasteiger partial charge in [0.1, 0.15) is 0 Å². The first kappa shape index (κ1) is 10.7. The maximum absolute atomic E-state index is 11.4. The minimum Gasteiger partial charge on any atom is -0.355 e. The van der Waals surface area contributed by atoms with Gasteiger partial charge in [0.05, 0.1) is 5.92 Å². The quantitative estimate of drug-likeness (QED) is 0.495. The monoisotopic (exact) mass is 197 g/mol. The molecule has 2 amide bonds. The van der Waals surface area contributed by atoms with E-state index in [0.29, 0.717) is 6.54 Å². The van der Waals surface area contributed by atoms with Gasteiger partial charge in [0, 0.05) is 18.7 Å². The fourth-order valence-corrected chi connectivity index (χ4v) is 1.11. The van der Waals surface area contributed by atoms with Gasteiger partial charge in [-0.25, -0.2) is 5.43 Å². The van der Waals surface area contributed by atoms with Crippen LogP contribution in [0.3, 0.4) is 0 Å². The zero-order valence-electron chi connectivity index (χ0n) is 8.46. The Hall–Kier alpha value is -1.39. The molecule has 0 aromatic carbocycles. The van der Waals surface area contributed by atoms with E-state index in [1.165, 1.54) is 0 Å². The highest BCUT2D eigenvalue weighted by Gasteiger charge is 2.27. The highest BCUT2D eigenvalue weighted by Crippen LogP contribution is 2.08. The predicted octanol–water partition coefficient (Wildman–Crippen LogP) is 0.0246. The predicted molar refractivity (Wildman–Crippen MR) is 52.7 cm³/mol. The standard InChI is InChI=1S/C9H15N3O2/c1-3-6(2)11-12-9(14)7-4-8(13)10-5-7/h7H,3-5H2,1-2H3,(H,10,13)(H,12,14)/b11-6+. The summed E-state index contributed by atoms with van der Waals surface area (Å²) in [5.74, 6) is -0.520. The Morgan fingerprint density at radius 2 is 2.43 bits per heavy atom. The molecule has 78 valence electrons. The van der Waals surface area contributed by atoms with Gasteiger partial charge in [0.25, 0.3) is 0 Å². The lowest BCUT2D eigenvalue weighted by molar-refractivity contribution is -0.126. The first-order valence-electron chi connectivity index (χ1n) is 4.73. The molecule has 2 N–H and O–H groups in total. The molecule has 0 aromatic rings. The van der Waals surface area contributed by atoms with Gasteiger partial charge >= 0.3 is 0 Å². The Bertz CT molecular complexity index is 273. The molecule has 0 spiro atoms. The van der Waals surface area contributed by atoms with Gasteiger partial charge in [-0.2, -0.15) is 5.10 Å². The van der Waals surface area contributed by atoms with E-state index in [2.05, 4.69) is 15.8 Å². The summed E-state index contributed by atoms with van der Waals surface area (Å²) < 4.78 is 0. The molecule has 14 heavy (non-hydrogen) atoms. The second kappa shape index (κ2) is 4.74. The lowest BCUT2D eigenvalue weighted by atomic mass is 10.1. The van der Waals surface area contributed by atoms with Crippen LogP contribution in [0.25, 0.3) is 0 Å². The fourth-order valence-electron chi connectivity index (χ4n) is 1.11. The molecule has 5 heteroatoms. The molecule has 1 atom stereocenters. The molecule has 1 aliphatic heterocycles. The van der Waals surface area contributed by atoms with E-state index < -0.39 is 0 Å². The second-order valence-electron chi connectivity index (χ2n) is 3.38. The average molecular weight is 197 g/mol. The van der Waals surface area contributed by atoms with Crippen molar-refractivity contribution in [2.45, 2.75) is 26.7 Å². The highest BCUT2D eigenvalue weighted by atomic mass is 16.2. The topological polar surface area (TPSA) is 70.6 Å². The molecular weight excluding hydrogens is 182 g/mol. The molecule has 0 saturated carbocycles. The van der Waals surface area contributed by atoms with Gasteiger partial charge in [-0.05, 0) is 13.3 Å². The SMILES string of the molecule is CC/C(C)=N/NC(=O)C1CNC(=O)C1. The van der Waals surface area contributed by atoms with Crippen LogP contribution >= 0.6 is 0 Å². The first-order chi connectivity index (χ1) is 6.63. The fraction of sp³-hybridized carbons (Fsp3) is 0.667. The number of carbonyl (C=O) groups is 2. The van der Waals surface area contributed by atoms with Crippen molar-refractivity contribution in [2.75, 3.05) is 6.54 Å². The molecule has 1 aliphatic rings. The average Bonchev–Trinajstić information content (AvgIpc) is 2.60. The van der Waals surface area contributed by atoms with Crippen LogP contribution in [0.2, 0.25) is 0 Å². The van der Waals surface area contributed by atoms with Crippen LogP contribution < -0.4 is 10.7 Å². The van der Waals surface area contributed by atoms with E-state index in [4.69, 9.17) is 0 Å². The van der Waals surface area contributed by atoms with E-state index in [1.54, 1.807) is 0 Å².